The lowest BCUT2D eigenvalue weighted by atomic mass is 9.94. The van der Waals surface area contributed by atoms with Crippen LogP contribution in [0.2, 0.25) is 0 Å². The molecule has 0 saturated carbocycles. The minimum absolute atomic E-state index is 0.202. The summed E-state index contributed by atoms with van der Waals surface area (Å²) >= 11 is 1.27. The Morgan fingerprint density at radius 2 is 1.79 bits per heavy atom. The lowest BCUT2D eigenvalue weighted by Gasteiger charge is -2.19. The maximum Gasteiger partial charge on any atom is 0.255 e. The number of nitrogens with zero attached hydrogens (tertiary/aromatic N) is 1. The Morgan fingerprint density at radius 1 is 1.03 bits per heavy atom. The zero-order valence-corrected chi connectivity index (χ0v) is 19.8. The van der Waals surface area contributed by atoms with E-state index in [0.717, 1.165) is 5.56 Å². The van der Waals surface area contributed by atoms with Crippen molar-refractivity contribution in [2.45, 2.75) is 26.3 Å². The van der Waals surface area contributed by atoms with Crippen LogP contribution in [0, 0.1) is 0 Å². The molecule has 0 unspecified atom stereocenters. The first-order valence-electron chi connectivity index (χ1n) is 10.6. The van der Waals surface area contributed by atoms with Crippen LogP contribution < -0.4 is 26.8 Å². The zero-order valence-electron chi connectivity index (χ0n) is 19.0. The molecule has 0 fully saturated rings. The molecule has 0 atom stereocenters. The van der Waals surface area contributed by atoms with Gasteiger partial charge in [0.25, 0.3) is 5.91 Å². The van der Waals surface area contributed by atoms with Crippen LogP contribution in [0.25, 0.3) is 10.2 Å². The molecule has 0 bridgehead atoms. The Morgan fingerprint density at radius 3 is 2.53 bits per heavy atom. The minimum Gasteiger partial charge on any atom is -0.455 e. The average molecular weight is 476 g/mol. The molecule has 0 spiro atoms. The Balaban J connectivity index is 1.53. The van der Waals surface area contributed by atoms with Gasteiger partial charge in [0.15, 0.2) is 10.9 Å². The van der Waals surface area contributed by atoms with Crippen molar-refractivity contribution in [2.75, 3.05) is 16.4 Å². The molecule has 6 N–H and O–H groups in total. The second-order valence-electron chi connectivity index (χ2n) is 8.41. The van der Waals surface area contributed by atoms with E-state index in [1.165, 1.54) is 18.3 Å². The van der Waals surface area contributed by atoms with Crippen molar-refractivity contribution in [1.82, 2.24) is 4.98 Å². The summed E-state index contributed by atoms with van der Waals surface area (Å²) in [6.07, 6.45) is 0. The van der Waals surface area contributed by atoms with Gasteiger partial charge in [-0.1, -0.05) is 29.5 Å². The molecule has 8 nitrogen and oxygen atoms in total. The van der Waals surface area contributed by atoms with Crippen molar-refractivity contribution in [3.63, 3.8) is 0 Å². The highest BCUT2D eigenvalue weighted by Gasteiger charge is 2.17. The molecule has 34 heavy (non-hydrogen) atoms. The van der Waals surface area contributed by atoms with Gasteiger partial charge in [-0.2, -0.15) is 0 Å². The molecule has 9 heteroatoms. The Kier molecular flexibility index (Phi) is 6.23. The number of fused-ring (bicyclic) bond motifs is 1. The first-order chi connectivity index (χ1) is 16.1. The van der Waals surface area contributed by atoms with Crippen LogP contribution in [-0.2, 0) is 10.3 Å². The predicted molar refractivity (Wildman–Crippen MR) is 136 cm³/mol. The number of hydrogen-bond acceptors (Lipinski definition) is 7. The smallest absolute Gasteiger partial charge is 0.255 e. The van der Waals surface area contributed by atoms with Gasteiger partial charge in [-0.05, 0) is 55.8 Å². The highest BCUT2D eigenvalue weighted by Crippen LogP contribution is 2.38. The van der Waals surface area contributed by atoms with E-state index in [9.17, 15) is 9.59 Å². The van der Waals surface area contributed by atoms with Crippen molar-refractivity contribution in [2.24, 2.45) is 5.73 Å². The fourth-order valence-electron chi connectivity index (χ4n) is 3.32. The molecule has 174 valence electrons. The standard InChI is InChI=1S/C25H25N5O3S/c1-14(31)28-24-30-19-10-11-20(21(26)22(19)34-24)33-18-9-5-8-17(13-18)29-23(32)15-6-4-7-16(12-15)25(2,3)27/h4-13H,26-27H2,1-3H3,(H,29,32)(H,28,30,31). The average Bonchev–Trinajstić information content (AvgIpc) is 3.18. The Bertz CT molecular complexity index is 1390. The zero-order chi connectivity index (χ0) is 24.5. The number of nitrogens with two attached hydrogens (primary N) is 2. The summed E-state index contributed by atoms with van der Waals surface area (Å²) in [5.74, 6) is 0.505. The molecule has 0 radical (unpaired) electrons. The lowest BCUT2D eigenvalue weighted by molar-refractivity contribution is -0.114. The third-order valence-corrected chi connectivity index (χ3v) is 6.05. The molecule has 0 aliphatic carbocycles. The first-order valence-corrected chi connectivity index (χ1v) is 11.4. The van der Waals surface area contributed by atoms with Crippen molar-refractivity contribution >= 4 is 49.9 Å². The molecule has 3 aromatic carbocycles. The number of rotatable bonds is 6. The van der Waals surface area contributed by atoms with E-state index in [1.807, 2.05) is 26.0 Å². The van der Waals surface area contributed by atoms with E-state index >= 15 is 0 Å². The fraction of sp³-hybridized carbons (Fsp3) is 0.160. The van der Waals surface area contributed by atoms with Crippen molar-refractivity contribution in [1.29, 1.82) is 0 Å². The number of ether oxygens (including phenoxy) is 1. The summed E-state index contributed by atoms with van der Waals surface area (Å²) in [7, 11) is 0. The highest BCUT2D eigenvalue weighted by atomic mass is 32.1. The quantitative estimate of drug-likeness (QED) is 0.288. The molecular formula is C25H25N5O3S. The van der Waals surface area contributed by atoms with Crippen LogP contribution >= 0.6 is 11.3 Å². The Hall–Kier alpha value is -3.95. The number of benzene rings is 3. The Labute approximate surface area is 200 Å². The maximum atomic E-state index is 12.8. The second-order valence-corrected chi connectivity index (χ2v) is 9.41. The van der Waals surface area contributed by atoms with E-state index in [4.69, 9.17) is 16.2 Å². The van der Waals surface area contributed by atoms with E-state index in [-0.39, 0.29) is 11.8 Å². The number of carbonyl (C=O) groups excluding carboxylic acids is 2. The van der Waals surface area contributed by atoms with Gasteiger partial charge in [-0.15, -0.1) is 0 Å². The van der Waals surface area contributed by atoms with Gasteiger partial charge in [-0.3, -0.25) is 9.59 Å². The molecule has 4 rings (SSSR count). The van der Waals surface area contributed by atoms with Crippen LogP contribution in [0.1, 0.15) is 36.7 Å². The normalized spacial score (nSPS) is 11.3. The molecule has 0 aliphatic rings. The van der Waals surface area contributed by atoms with Gasteiger partial charge in [0.1, 0.15) is 5.75 Å². The monoisotopic (exact) mass is 475 g/mol. The molecule has 4 aromatic rings. The SMILES string of the molecule is CC(=O)Nc1nc2ccc(Oc3cccc(NC(=O)c4cccc(C(C)(C)N)c4)c3)c(N)c2s1. The van der Waals surface area contributed by atoms with E-state index in [0.29, 0.717) is 43.8 Å². The van der Waals surface area contributed by atoms with Crippen molar-refractivity contribution in [3.05, 3.63) is 71.8 Å². The number of amides is 2. The number of nitrogens with one attached hydrogen (secondary N) is 2. The number of aromatic nitrogens is 1. The minimum atomic E-state index is -0.550. The number of hydrogen-bond donors (Lipinski definition) is 4. The molecule has 2 amide bonds. The summed E-state index contributed by atoms with van der Waals surface area (Å²) in [6.45, 7) is 5.20. The summed E-state index contributed by atoms with van der Waals surface area (Å²) < 4.78 is 6.71. The number of anilines is 3. The van der Waals surface area contributed by atoms with Crippen LogP contribution in [0.5, 0.6) is 11.5 Å². The van der Waals surface area contributed by atoms with Crippen molar-refractivity contribution in [3.8, 4) is 11.5 Å². The highest BCUT2D eigenvalue weighted by molar-refractivity contribution is 7.23. The summed E-state index contributed by atoms with van der Waals surface area (Å²) in [5, 5.41) is 6.03. The topological polar surface area (TPSA) is 132 Å². The third-order valence-electron chi connectivity index (χ3n) is 5.03. The third kappa shape index (κ3) is 5.16. The summed E-state index contributed by atoms with van der Waals surface area (Å²) in [5.41, 5.74) is 15.0. The number of carbonyl (C=O) groups is 2. The van der Waals surface area contributed by atoms with Crippen LogP contribution in [0.3, 0.4) is 0 Å². The lowest BCUT2D eigenvalue weighted by Crippen LogP contribution is -2.29. The molecule has 0 aliphatic heterocycles. The van der Waals surface area contributed by atoms with E-state index in [1.54, 1.807) is 48.5 Å². The second kappa shape index (κ2) is 9.12. The van der Waals surface area contributed by atoms with Crippen LogP contribution in [-0.4, -0.2) is 16.8 Å². The maximum absolute atomic E-state index is 12.8. The van der Waals surface area contributed by atoms with Gasteiger partial charge in [-0.25, -0.2) is 4.98 Å². The first kappa shape index (κ1) is 23.2. The molecule has 1 aromatic heterocycles. The van der Waals surface area contributed by atoms with E-state index in [2.05, 4.69) is 15.6 Å². The van der Waals surface area contributed by atoms with Gasteiger partial charge in [0, 0.05) is 29.8 Å². The number of thiazole rings is 1. The van der Waals surface area contributed by atoms with Crippen LogP contribution in [0.4, 0.5) is 16.5 Å². The fourth-order valence-corrected chi connectivity index (χ4v) is 4.28. The summed E-state index contributed by atoms with van der Waals surface area (Å²) in [6, 6.07) is 17.8. The van der Waals surface area contributed by atoms with E-state index < -0.39 is 5.54 Å². The van der Waals surface area contributed by atoms with Gasteiger partial charge in [0.05, 0.1) is 15.9 Å². The molecule has 1 heterocycles. The van der Waals surface area contributed by atoms with Gasteiger partial charge < -0.3 is 26.8 Å². The predicted octanol–water partition coefficient (Wildman–Crippen LogP) is 5.08. The molecular weight excluding hydrogens is 450 g/mol. The number of nitrogen functional groups attached to an aromatic ring is 1. The largest absolute Gasteiger partial charge is 0.455 e. The van der Waals surface area contributed by atoms with Crippen LogP contribution in [0.15, 0.2) is 60.7 Å². The molecule has 0 saturated heterocycles. The van der Waals surface area contributed by atoms with Crippen molar-refractivity contribution < 1.29 is 14.3 Å². The van der Waals surface area contributed by atoms with Gasteiger partial charge in [0.2, 0.25) is 5.91 Å². The summed E-state index contributed by atoms with van der Waals surface area (Å²) in [4.78, 5) is 28.5. The van der Waals surface area contributed by atoms with Gasteiger partial charge >= 0.3 is 0 Å².